The average Bonchev–Trinajstić information content (AvgIpc) is 4.01. The molecule has 0 spiro atoms. The van der Waals surface area contributed by atoms with Gasteiger partial charge in [-0.15, -0.1) is 0 Å². The number of nitrogens with zero attached hydrogens (tertiary/aromatic N) is 2. The normalized spacial score (nSPS) is 11.7. The van der Waals surface area contributed by atoms with Crippen LogP contribution in [0.1, 0.15) is 0 Å². The van der Waals surface area contributed by atoms with Crippen LogP contribution in [-0.4, -0.2) is 0 Å². The molecule has 0 radical (unpaired) electrons. The van der Waals surface area contributed by atoms with E-state index in [9.17, 15) is 0 Å². The molecule has 4 nitrogen and oxygen atoms in total. The zero-order valence-corrected chi connectivity index (χ0v) is 38.0. The minimum absolute atomic E-state index is 0.828. The molecule has 0 saturated carbocycles. The van der Waals surface area contributed by atoms with Crippen molar-refractivity contribution < 1.29 is 8.83 Å². The Kier molecular flexibility index (Phi) is 9.17. The number of fused-ring (bicyclic) bond motifs is 9. The smallest absolute Gasteiger partial charge is 0.159 e. The van der Waals surface area contributed by atoms with Crippen LogP contribution < -0.4 is 9.80 Å². The fourth-order valence-corrected chi connectivity index (χ4v) is 10.8. The maximum absolute atomic E-state index is 6.90. The first-order valence-corrected chi connectivity index (χ1v) is 23.8. The van der Waals surface area contributed by atoms with Gasteiger partial charge in [-0.1, -0.05) is 194 Å². The Bertz CT molecular complexity index is 4320. The van der Waals surface area contributed by atoms with Gasteiger partial charge in [-0.2, -0.15) is 0 Å². The molecule has 328 valence electrons. The van der Waals surface area contributed by atoms with Gasteiger partial charge in [-0.25, -0.2) is 0 Å². The van der Waals surface area contributed by atoms with Crippen LogP contribution >= 0.6 is 0 Å². The second-order valence-corrected chi connectivity index (χ2v) is 18.0. The van der Waals surface area contributed by atoms with Crippen molar-refractivity contribution in [3.63, 3.8) is 0 Å². The molecule has 0 bridgehead atoms. The third-order valence-electron chi connectivity index (χ3n) is 14.0. The van der Waals surface area contributed by atoms with Gasteiger partial charge in [0, 0.05) is 43.7 Å². The molecule has 0 amide bonds. The molecule has 0 fully saturated rings. The molecule has 70 heavy (non-hydrogen) atoms. The predicted octanol–water partition coefficient (Wildman–Crippen LogP) is 19.2. The lowest BCUT2D eigenvalue weighted by Gasteiger charge is -2.31. The molecule has 0 saturated heterocycles. The Morgan fingerprint density at radius 3 is 1.47 bits per heavy atom. The van der Waals surface area contributed by atoms with Crippen LogP contribution in [-0.2, 0) is 0 Å². The van der Waals surface area contributed by atoms with Gasteiger partial charge in [0.1, 0.15) is 11.2 Å². The summed E-state index contributed by atoms with van der Waals surface area (Å²) in [5.41, 5.74) is 13.8. The van der Waals surface area contributed by atoms with Gasteiger partial charge in [0.25, 0.3) is 0 Å². The van der Waals surface area contributed by atoms with Crippen molar-refractivity contribution in [1.29, 1.82) is 0 Å². The van der Waals surface area contributed by atoms with E-state index in [0.717, 1.165) is 127 Å². The van der Waals surface area contributed by atoms with Crippen molar-refractivity contribution in [2.75, 3.05) is 9.80 Å². The number of anilines is 6. The molecule has 0 N–H and O–H groups in total. The zero-order valence-electron chi connectivity index (χ0n) is 38.0. The third-order valence-corrected chi connectivity index (χ3v) is 14.0. The van der Waals surface area contributed by atoms with Gasteiger partial charge >= 0.3 is 0 Å². The highest BCUT2D eigenvalue weighted by molar-refractivity contribution is 6.16. The zero-order chi connectivity index (χ0) is 46.1. The Morgan fingerprint density at radius 1 is 0.257 bits per heavy atom. The van der Waals surface area contributed by atoms with E-state index >= 15 is 0 Å². The average molecular weight is 895 g/mol. The molecular formula is C66H42N2O2. The summed E-state index contributed by atoms with van der Waals surface area (Å²) in [4.78, 5) is 4.84. The van der Waals surface area contributed by atoms with Crippen molar-refractivity contribution >= 4 is 110 Å². The van der Waals surface area contributed by atoms with Gasteiger partial charge in [-0.05, 0) is 98.7 Å². The molecule has 0 aliphatic heterocycles. The van der Waals surface area contributed by atoms with Crippen molar-refractivity contribution in [3.05, 3.63) is 255 Å². The summed E-state index contributed by atoms with van der Waals surface area (Å²) in [6, 6.07) is 91.4. The Balaban J connectivity index is 1.12. The lowest BCUT2D eigenvalue weighted by Crippen LogP contribution is -2.13. The molecule has 4 heteroatoms. The molecule has 0 aliphatic carbocycles. The Hall–Kier alpha value is -9.38. The van der Waals surface area contributed by atoms with Gasteiger partial charge in [0.05, 0.1) is 28.4 Å². The van der Waals surface area contributed by atoms with Crippen LogP contribution in [0.3, 0.4) is 0 Å². The quantitative estimate of drug-likeness (QED) is 0.152. The number of para-hydroxylation sites is 4. The van der Waals surface area contributed by atoms with E-state index in [-0.39, 0.29) is 0 Å². The third kappa shape index (κ3) is 6.38. The fourth-order valence-electron chi connectivity index (χ4n) is 10.8. The number of furan rings is 2. The lowest BCUT2D eigenvalue weighted by atomic mass is 9.91. The Labute approximate surface area is 404 Å². The molecule has 0 atom stereocenters. The molecule has 0 aliphatic rings. The van der Waals surface area contributed by atoms with Crippen molar-refractivity contribution in [3.8, 4) is 22.3 Å². The maximum atomic E-state index is 6.90. The molecule has 0 unspecified atom stereocenters. The molecule has 14 rings (SSSR count). The van der Waals surface area contributed by atoms with Gasteiger partial charge in [-0.3, -0.25) is 0 Å². The Morgan fingerprint density at radius 2 is 0.771 bits per heavy atom. The highest BCUT2D eigenvalue weighted by Crippen LogP contribution is 2.52. The SMILES string of the molecule is c1ccc(-c2cc3ccc(N(c4cccc5ccccc45)c4cccc5c4oc4ccccc45)c(-c4ccccc4)c3cc2N(c2ccc3ccccc3c2)c2cccc3c2oc2ccccc23)cc1. The standard InChI is InChI=1S/C66H42N2O2/c1-3-19-45(20-4-1)55-41-48-37-39-58(68(57-31-15-25-44-21-9-10-26-50(44)57)60-33-17-30-54-52-28-12-14-35-63(52)70-66(54)60)64(46-22-5-2-6-23-46)56(48)42-61(55)67(49-38-36-43-18-7-8-24-47(43)40-49)59-32-16-29-53-51-27-11-13-34-62(51)69-65(53)59/h1-42H. The van der Waals surface area contributed by atoms with Gasteiger partial charge in [0.2, 0.25) is 0 Å². The summed E-state index contributed by atoms with van der Waals surface area (Å²) in [6.45, 7) is 0. The first kappa shape index (κ1) is 39.8. The van der Waals surface area contributed by atoms with E-state index in [2.05, 4.69) is 252 Å². The monoisotopic (exact) mass is 894 g/mol. The van der Waals surface area contributed by atoms with Gasteiger partial charge < -0.3 is 18.6 Å². The van der Waals surface area contributed by atoms with Gasteiger partial charge in [0.15, 0.2) is 11.2 Å². The fraction of sp³-hybridized carbons (Fsp3) is 0. The summed E-state index contributed by atoms with van der Waals surface area (Å²) in [6.07, 6.45) is 0. The first-order valence-electron chi connectivity index (χ1n) is 23.8. The summed E-state index contributed by atoms with van der Waals surface area (Å²) in [7, 11) is 0. The molecule has 14 aromatic rings. The van der Waals surface area contributed by atoms with Crippen LogP contribution in [0.15, 0.2) is 264 Å². The van der Waals surface area contributed by atoms with E-state index in [1.807, 2.05) is 12.1 Å². The molecular weight excluding hydrogens is 853 g/mol. The minimum atomic E-state index is 0.828. The molecule has 2 aromatic heterocycles. The topological polar surface area (TPSA) is 32.8 Å². The molecule has 2 heterocycles. The summed E-state index contributed by atoms with van der Waals surface area (Å²) >= 11 is 0. The van der Waals surface area contributed by atoms with Crippen molar-refractivity contribution in [1.82, 2.24) is 0 Å². The molecule has 12 aromatic carbocycles. The second-order valence-electron chi connectivity index (χ2n) is 18.0. The van der Waals surface area contributed by atoms with Crippen molar-refractivity contribution in [2.45, 2.75) is 0 Å². The van der Waals surface area contributed by atoms with Crippen LogP contribution in [0.2, 0.25) is 0 Å². The van der Waals surface area contributed by atoms with Crippen LogP contribution in [0.4, 0.5) is 34.1 Å². The van der Waals surface area contributed by atoms with Crippen molar-refractivity contribution in [2.24, 2.45) is 0 Å². The first-order chi connectivity index (χ1) is 34.7. The lowest BCUT2D eigenvalue weighted by molar-refractivity contribution is 0.669. The summed E-state index contributed by atoms with van der Waals surface area (Å²) in [5.74, 6) is 0. The summed E-state index contributed by atoms with van der Waals surface area (Å²) in [5, 5.41) is 11.2. The highest BCUT2D eigenvalue weighted by Gasteiger charge is 2.28. The largest absolute Gasteiger partial charge is 0.454 e. The van der Waals surface area contributed by atoms with Crippen LogP contribution in [0.25, 0.3) is 98.4 Å². The number of hydrogen-bond acceptors (Lipinski definition) is 4. The van der Waals surface area contributed by atoms with E-state index in [4.69, 9.17) is 8.83 Å². The second kappa shape index (κ2) is 16.2. The number of rotatable bonds is 8. The maximum Gasteiger partial charge on any atom is 0.159 e. The predicted molar refractivity (Wildman–Crippen MR) is 294 cm³/mol. The van der Waals surface area contributed by atoms with E-state index in [1.54, 1.807) is 0 Å². The van der Waals surface area contributed by atoms with E-state index < -0.39 is 0 Å². The van der Waals surface area contributed by atoms with Crippen LogP contribution in [0, 0.1) is 0 Å². The summed E-state index contributed by atoms with van der Waals surface area (Å²) < 4.78 is 13.8. The minimum Gasteiger partial charge on any atom is -0.454 e. The number of benzene rings is 12. The number of hydrogen-bond donors (Lipinski definition) is 0. The van der Waals surface area contributed by atoms with E-state index in [1.165, 1.54) is 5.39 Å². The van der Waals surface area contributed by atoms with E-state index in [0.29, 0.717) is 0 Å². The highest BCUT2D eigenvalue weighted by atomic mass is 16.3. The van der Waals surface area contributed by atoms with Crippen LogP contribution in [0.5, 0.6) is 0 Å².